The van der Waals surface area contributed by atoms with E-state index in [2.05, 4.69) is 86.8 Å². The zero-order valence-corrected chi connectivity index (χ0v) is 36.2. The highest BCUT2D eigenvalue weighted by atomic mass is 31.2. The number of allylic oxidation sites excluding steroid dienone is 12. The molecule has 0 heterocycles. The van der Waals surface area contributed by atoms with Crippen LogP contribution in [0.4, 0.5) is 0 Å². The Balaban J connectivity index is 4.13. The highest BCUT2D eigenvalue weighted by Gasteiger charge is 2.26. The predicted molar refractivity (Wildman–Crippen MR) is 233 cm³/mol. The number of nitrogens with two attached hydrogens (primary N) is 1. The predicted octanol–water partition coefficient (Wildman–Crippen LogP) is 12.7. The number of hydrogen-bond acceptors (Lipinski definition) is 8. The molecule has 0 saturated carbocycles. The minimum atomic E-state index is -4.38. The molecular formula is C46H80NO8P. The van der Waals surface area contributed by atoms with Crippen molar-refractivity contribution in [3.05, 3.63) is 72.9 Å². The molecule has 9 nitrogen and oxygen atoms in total. The Hall–Kier alpha value is -2.55. The van der Waals surface area contributed by atoms with E-state index in [0.29, 0.717) is 6.42 Å². The minimum absolute atomic E-state index is 0.0480. The van der Waals surface area contributed by atoms with Gasteiger partial charge in [-0.2, -0.15) is 0 Å². The van der Waals surface area contributed by atoms with E-state index in [4.69, 9.17) is 24.3 Å². The molecule has 0 radical (unpaired) electrons. The summed E-state index contributed by atoms with van der Waals surface area (Å²) in [6, 6.07) is 0. The fourth-order valence-electron chi connectivity index (χ4n) is 5.64. The lowest BCUT2D eigenvalue weighted by Gasteiger charge is -2.19. The molecule has 0 aromatic rings. The number of esters is 2. The van der Waals surface area contributed by atoms with Gasteiger partial charge in [0, 0.05) is 19.4 Å². The lowest BCUT2D eigenvalue weighted by molar-refractivity contribution is -0.161. The van der Waals surface area contributed by atoms with Crippen molar-refractivity contribution in [3.63, 3.8) is 0 Å². The number of phosphoric acid groups is 1. The van der Waals surface area contributed by atoms with Gasteiger partial charge in [0.05, 0.1) is 13.2 Å². The van der Waals surface area contributed by atoms with Gasteiger partial charge in [0.1, 0.15) is 6.61 Å². The van der Waals surface area contributed by atoms with Gasteiger partial charge in [-0.25, -0.2) is 4.57 Å². The van der Waals surface area contributed by atoms with Crippen molar-refractivity contribution in [1.82, 2.24) is 0 Å². The van der Waals surface area contributed by atoms with Gasteiger partial charge >= 0.3 is 19.8 Å². The highest BCUT2D eigenvalue weighted by molar-refractivity contribution is 7.47. The monoisotopic (exact) mass is 806 g/mol. The molecule has 0 bridgehead atoms. The van der Waals surface area contributed by atoms with Crippen molar-refractivity contribution in [1.29, 1.82) is 0 Å². The molecule has 2 atom stereocenters. The van der Waals surface area contributed by atoms with Crippen LogP contribution in [-0.2, 0) is 32.7 Å². The third-order valence-electron chi connectivity index (χ3n) is 8.86. The lowest BCUT2D eigenvalue weighted by atomic mass is 10.1. The van der Waals surface area contributed by atoms with E-state index < -0.39 is 32.5 Å². The first-order chi connectivity index (χ1) is 27.3. The molecule has 0 amide bonds. The van der Waals surface area contributed by atoms with Crippen molar-refractivity contribution < 1.29 is 37.6 Å². The normalized spacial score (nSPS) is 14.0. The van der Waals surface area contributed by atoms with Gasteiger partial charge in [0.2, 0.25) is 0 Å². The zero-order chi connectivity index (χ0) is 41.1. The van der Waals surface area contributed by atoms with Gasteiger partial charge in [-0.3, -0.25) is 18.6 Å². The number of carbonyl (C=O) groups excluding carboxylic acids is 2. The molecule has 0 aliphatic carbocycles. The number of ether oxygens (including phenoxy) is 2. The van der Waals surface area contributed by atoms with Gasteiger partial charge < -0.3 is 20.1 Å². The van der Waals surface area contributed by atoms with Crippen LogP contribution in [0.2, 0.25) is 0 Å². The lowest BCUT2D eigenvalue weighted by Crippen LogP contribution is -2.29. The molecule has 0 aliphatic rings. The van der Waals surface area contributed by atoms with Crippen LogP contribution in [0.5, 0.6) is 0 Å². The number of carbonyl (C=O) groups is 2. The topological polar surface area (TPSA) is 134 Å². The Morgan fingerprint density at radius 3 is 1.46 bits per heavy atom. The summed E-state index contributed by atoms with van der Waals surface area (Å²) in [5.41, 5.74) is 5.34. The first kappa shape index (κ1) is 53.5. The van der Waals surface area contributed by atoms with Gasteiger partial charge in [0.25, 0.3) is 0 Å². The second kappa shape index (κ2) is 42.1. The van der Waals surface area contributed by atoms with Crippen LogP contribution in [0.3, 0.4) is 0 Å². The van der Waals surface area contributed by atoms with E-state index in [1.165, 1.54) is 44.9 Å². The van der Waals surface area contributed by atoms with Crippen LogP contribution < -0.4 is 5.73 Å². The van der Waals surface area contributed by atoms with Crippen LogP contribution in [0, 0.1) is 0 Å². The minimum Gasteiger partial charge on any atom is -0.462 e. The zero-order valence-electron chi connectivity index (χ0n) is 35.3. The number of hydrogen-bond donors (Lipinski definition) is 2. The standard InChI is InChI=1S/C46H80NO8P/c1-3-5-7-9-11-13-15-16-17-18-19-20-21-22-23-24-25-26-27-28-29-31-33-35-37-39-46(49)55-44(43-54-56(50,51)53-41-40-47)42-52-45(48)38-36-34-32-30-14-12-10-8-6-4-2/h5,7,11,13,16-17,19-20,22-23,25-26,44H,3-4,6,8-10,12,14-15,18,21,24,27-43,47H2,1-2H3,(H,50,51)/b7-5-,13-11-,17-16-,20-19-,23-22-,26-25-. The van der Waals surface area contributed by atoms with E-state index in [1.54, 1.807) is 0 Å². The van der Waals surface area contributed by atoms with Crippen LogP contribution >= 0.6 is 7.82 Å². The van der Waals surface area contributed by atoms with Crippen LogP contribution in [0.25, 0.3) is 0 Å². The molecule has 0 aliphatic heterocycles. The summed E-state index contributed by atoms with van der Waals surface area (Å²) >= 11 is 0. The fraction of sp³-hybridized carbons (Fsp3) is 0.696. The molecule has 2 unspecified atom stereocenters. The number of phosphoric ester groups is 1. The van der Waals surface area contributed by atoms with Gasteiger partial charge in [-0.1, -0.05) is 170 Å². The number of unbranched alkanes of at least 4 members (excludes halogenated alkanes) is 15. The first-order valence-corrected chi connectivity index (χ1v) is 23.4. The summed E-state index contributed by atoms with van der Waals surface area (Å²) < 4.78 is 32.7. The van der Waals surface area contributed by atoms with Crippen molar-refractivity contribution in [2.24, 2.45) is 5.73 Å². The maximum Gasteiger partial charge on any atom is 0.472 e. The molecule has 0 saturated heterocycles. The van der Waals surface area contributed by atoms with E-state index in [9.17, 15) is 19.0 Å². The largest absolute Gasteiger partial charge is 0.472 e. The Morgan fingerprint density at radius 1 is 0.554 bits per heavy atom. The molecule has 0 aromatic heterocycles. The van der Waals surface area contributed by atoms with E-state index >= 15 is 0 Å². The van der Waals surface area contributed by atoms with Gasteiger partial charge in [-0.05, 0) is 64.2 Å². The molecule has 10 heteroatoms. The fourth-order valence-corrected chi connectivity index (χ4v) is 6.40. The van der Waals surface area contributed by atoms with Crippen molar-refractivity contribution in [3.8, 4) is 0 Å². The summed E-state index contributed by atoms with van der Waals surface area (Å²) in [7, 11) is -4.38. The molecule has 0 rings (SSSR count). The van der Waals surface area contributed by atoms with Gasteiger partial charge in [-0.15, -0.1) is 0 Å². The Labute approximate surface area is 341 Å². The SMILES string of the molecule is CC/C=C\C/C=C\C/C=C\C/C=C\C/C=C\C/C=C\CCCCCCCCC(=O)OC(COC(=O)CCCCCCCCCCCC)COP(=O)(O)OCCN. The molecular weight excluding hydrogens is 725 g/mol. The van der Waals surface area contributed by atoms with E-state index in [1.807, 2.05) is 0 Å². The highest BCUT2D eigenvalue weighted by Crippen LogP contribution is 2.43. The quantitative estimate of drug-likeness (QED) is 0.0268. The smallest absolute Gasteiger partial charge is 0.462 e. The number of rotatable bonds is 40. The third-order valence-corrected chi connectivity index (χ3v) is 9.84. The van der Waals surface area contributed by atoms with Crippen molar-refractivity contribution in [2.45, 2.75) is 180 Å². The summed E-state index contributed by atoms with van der Waals surface area (Å²) in [6.07, 6.45) is 50.8. The summed E-state index contributed by atoms with van der Waals surface area (Å²) in [4.78, 5) is 34.8. The summed E-state index contributed by atoms with van der Waals surface area (Å²) in [5.74, 6) is -0.851. The second-order valence-corrected chi connectivity index (χ2v) is 15.6. The average Bonchev–Trinajstić information content (AvgIpc) is 3.18. The second-order valence-electron chi connectivity index (χ2n) is 14.2. The molecule has 56 heavy (non-hydrogen) atoms. The molecule has 322 valence electrons. The van der Waals surface area contributed by atoms with Gasteiger partial charge in [0.15, 0.2) is 6.10 Å². The maximum absolute atomic E-state index is 12.6. The Kier molecular flexibility index (Phi) is 40.2. The van der Waals surface area contributed by atoms with E-state index in [0.717, 1.165) is 96.3 Å². The van der Waals surface area contributed by atoms with Crippen molar-refractivity contribution >= 4 is 19.8 Å². The molecule has 0 fully saturated rings. The summed E-state index contributed by atoms with van der Waals surface area (Å²) in [6.45, 7) is 3.57. The third kappa shape index (κ3) is 41.1. The Bertz CT molecular complexity index is 1150. The molecule has 0 aromatic carbocycles. The van der Waals surface area contributed by atoms with Crippen LogP contribution in [-0.4, -0.2) is 49.3 Å². The van der Waals surface area contributed by atoms with E-state index in [-0.39, 0.29) is 32.6 Å². The maximum atomic E-state index is 12.6. The van der Waals surface area contributed by atoms with Crippen LogP contribution in [0.1, 0.15) is 174 Å². The molecule has 3 N–H and O–H groups in total. The first-order valence-electron chi connectivity index (χ1n) is 21.9. The van der Waals surface area contributed by atoms with Crippen molar-refractivity contribution in [2.75, 3.05) is 26.4 Å². The average molecular weight is 806 g/mol. The van der Waals surface area contributed by atoms with Crippen LogP contribution in [0.15, 0.2) is 72.9 Å². The Morgan fingerprint density at radius 2 is 0.982 bits per heavy atom. The molecule has 0 spiro atoms. The summed E-state index contributed by atoms with van der Waals surface area (Å²) in [5, 5.41) is 0.